The van der Waals surface area contributed by atoms with Crippen LogP contribution in [0.3, 0.4) is 0 Å². The van der Waals surface area contributed by atoms with Crippen molar-refractivity contribution in [1.29, 1.82) is 0 Å². The van der Waals surface area contributed by atoms with E-state index in [1.54, 1.807) is 25.3 Å². The van der Waals surface area contributed by atoms with Crippen molar-refractivity contribution in [3.8, 4) is 11.5 Å². The van der Waals surface area contributed by atoms with Gasteiger partial charge >= 0.3 is 5.97 Å². The van der Waals surface area contributed by atoms with E-state index in [0.29, 0.717) is 17.9 Å². The molecule has 0 aliphatic carbocycles. The Hall–Kier alpha value is -1.81. The van der Waals surface area contributed by atoms with E-state index in [1.807, 2.05) is 6.07 Å². The van der Waals surface area contributed by atoms with Gasteiger partial charge in [0.15, 0.2) is 0 Å². The molecule has 1 N–H and O–H groups in total. The second-order valence-corrected chi connectivity index (χ2v) is 4.48. The standard InChI is InChI=1S/C15H19NO3/c1-18-13-5-2-6-14(10-13)19-15(17)8-7-12-4-3-9-16-11-12/h2,4-6,10,16H,3,7-9,11H2,1H3. The Kier molecular flexibility index (Phi) is 4.98. The maximum atomic E-state index is 11.7. The van der Waals surface area contributed by atoms with E-state index in [9.17, 15) is 4.79 Å². The van der Waals surface area contributed by atoms with Gasteiger partial charge in [-0.2, -0.15) is 0 Å². The summed E-state index contributed by atoms with van der Waals surface area (Å²) in [5, 5.41) is 3.29. The summed E-state index contributed by atoms with van der Waals surface area (Å²) in [4.78, 5) is 11.7. The van der Waals surface area contributed by atoms with E-state index >= 15 is 0 Å². The Morgan fingerprint density at radius 1 is 1.37 bits per heavy atom. The molecular weight excluding hydrogens is 242 g/mol. The first kappa shape index (κ1) is 13.6. The van der Waals surface area contributed by atoms with E-state index in [0.717, 1.165) is 25.9 Å². The minimum absolute atomic E-state index is 0.209. The van der Waals surface area contributed by atoms with Gasteiger partial charge in [0, 0.05) is 19.0 Å². The lowest BCUT2D eigenvalue weighted by Crippen LogP contribution is -2.22. The number of hydrogen-bond donors (Lipinski definition) is 1. The van der Waals surface area contributed by atoms with Crippen LogP contribution in [0.2, 0.25) is 0 Å². The molecule has 1 heterocycles. The van der Waals surface area contributed by atoms with Crippen molar-refractivity contribution in [2.45, 2.75) is 19.3 Å². The molecule has 0 radical (unpaired) electrons. The van der Waals surface area contributed by atoms with Gasteiger partial charge in [-0.1, -0.05) is 17.7 Å². The van der Waals surface area contributed by atoms with Gasteiger partial charge in [0.2, 0.25) is 0 Å². The zero-order chi connectivity index (χ0) is 13.5. The van der Waals surface area contributed by atoms with Crippen LogP contribution in [0, 0.1) is 0 Å². The molecule has 4 heteroatoms. The molecule has 0 saturated heterocycles. The maximum absolute atomic E-state index is 11.7. The molecular formula is C15H19NO3. The molecule has 4 nitrogen and oxygen atoms in total. The molecule has 0 unspecified atom stereocenters. The van der Waals surface area contributed by atoms with Crippen LogP contribution in [0.4, 0.5) is 0 Å². The normalized spacial score (nSPS) is 14.7. The number of benzene rings is 1. The third kappa shape index (κ3) is 4.41. The lowest BCUT2D eigenvalue weighted by molar-refractivity contribution is -0.134. The molecule has 0 saturated carbocycles. The second-order valence-electron chi connectivity index (χ2n) is 4.48. The van der Waals surface area contributed by atoms with Gasteiger partial charge in [-0.3, -0.25) is 4.79 Å². The topological polar surface area (TPSA) is 47.6 Å². The van der Waals surface area contributed by atoms with Gasteiger partial charge in [-0.15, -0.1) is 0 Å². The van der Waals surface area contributed by atoms with Gasteiger partial charge in [0.1, 0.15) is 11.5 Å². The fraction of sp³-hybridized carbons (Fsp3) is 0.400. The highest BCUT2D eigenvalue weighted by molar-refractivity contribution is 5.72. The Balaban J connectivity index is 1.81. The van der Waals surface area contributed by atoms with Crippen molar-refractivity contribution in [1.82, 2.24) is 5.32 Å². The third-order valence-corrected chi connectivity index (χ3v) is 3.03. The first-order chi connectivity index (χ1) is 9.28. The predicted molar refractivity (Wildman–Crippen MR) is 73.4 cm³/mol. The number of methoxy groups -OCH3 is 1. The molecule has 0 amide bonds. The van der Waals surface area contributed by atoms with Crippen molar-refractivity contribution >= 4 is 5.97 Å². The molecule has 0 fully saturated rings. The molecule has 1 aliphatic rings. The van der Waals surface area contributed by atoms with E-state index in [4.69, 9.17) is 9.47 Å². The summed E-state index contributed by atoms with van der Waals surface area (Å²) in [6.45, 7) is 1.91. The summed E-state index contributed by atoms with van der Waals surface area (Å²) < 4.78 is 10.4. The van der Waals surface area contributed by atoms with Crippen LogP contribution in [0.15, 0.2) is 35.9 Å². The number of nitrogens with one attached hydrogen (secondary N) is 1. The molecule has 1 aliphatic heterocycles. The highest BCUT2D eigenvalue weighted by Gasteiger charge is 2.09. The fourth-order valence-electron chi connectivity index (χ4n) is 2.00. The Bertz CT molecular complexity index is 468. The molecule has 0 atom stereocenters. The first-order valence-corrected chi connectivity index (χ1v) is 6.51. The highest BCUT2D eigenvalue weighted by Crippen LogP contribution is 2.19. The van der Waals surface area contributed by atoms with Crippen molar-refractivity contribution in [3.05, 3.63) is 35.9 Å². The Labute approximate surface area is 113 Å². The van der Waals surface area contributed by atoms with Crippen molar-refractivity contribution in [2.24, 2.45) is 0 Å². The average Bonchev–Trinajstić information content (AvgIpc) is 2.46. The number of esters is 1. The number of carbonyl (C=O) groups is 1. The first-order valence-electron chi connectivity index (χ1n) is 6.51. The molecule has 2 rings (SSSR count). The average molecular weight is 261 g/mol. The smallest absolute Gasteiger partial charge is 0.311 e. The van der Waals surface area contributed by atoms with Gasteiger partial charge < -0.3 is 14.8 Å². The van der Waals surface area contributed by atoms with E-state index in [2.05, 4.69) is 11.4 Å². The SMILES string of the molecule is COc1cccc(OC(=O)CCC2=CCCNC2)c1. The predicted octanol–water partition coefficient (Wildman–Crippen LogP) is 2.30. The zero-order valence-corrected chi connectivity index (χ0v) is 11.1. The molecule has 1 aromatic carbocycles. The largest absolute Gasteiger partial charge is 0.497 e. The number of hydrogen-bond acceptors (Lipinski definition) is 4. The molecule has 0 bridgehead atoms. The Morgan fingerprint density at radius 2 is 2.21 bits per heavy atom. The minimum Gasteiger partial charge on any atom is -0.497 e. The van der Waals surface area contributed by atoms with E-state index in [1.165, 1.54) is 5.57 Å². The van der Waals surface area contributed by atoms with Gasteiger partial charge in [0.25, 0.3) is 0 Å². The van der Waals surface area contributed by atoms with Gasteiger partial charge in [-0.05, 0) is 31.5 Å². The maximum Gasteiger partial charge on any atom is 0.311 e. The number of rotatable bonds is 5. The lowest BCUT2D eigenvalue weighted by Gasteiger charge is -2.13. The summed E-state index contributed by atoms with van der Waals surface area (Å²) in [7, 11) is 1.59. The van der Waals surface area contributed by atoms with Crippen LogP contribution in [0.5, 0.6) is 11.5 Å². The van der Waals surface area contributed by atoms with Crippen molar-refractivity contribution in [2.75, 3.05) is 20.2 Å². The summed E-state index contributed by atoms with van der Waals surface area (Å²) in [6, 6.07) is 7.08. The van der Waals surface area contributed by atoms with E-state index < -0.39 is 0 Å². The number of ether oxygens (including phenoxy) is 2. The van der Waals surface area contributed by atoms with Crippen LogP contribution in [0.1, 0.15) is 19.3 Å². The molecule has 0 spiro atoms. The quantitative estimate of drug-likeness (QED) is 0.502. The fourth-order valence-corrected chi connectivity index (χ4v) is 2.00. The third-order valence-electron chi connectivity index (χ3n) is 3.03. The summed E-state index contributed by atoms with van der Waals surface area (Å²) in [5.74, 6) is 1.00. The molecule has 1 aromatic rings. The summed E-state index contributed by atoms with van der Waals surface area (Å²) >= 11 is 0. The molecule has 19 heavy (non-hydrogen) atoms. The van der Waals surface area contributed by atoms with Crippen LogP contribution in [-0.4, -0.2) is 26.2 Å². The molecule has 102 valence electrons. The Morgan fingerprint density at radius 3 is 2.95 bits per heavy atom. The van der Waals surface area contributed by atoms with Crippen LogP contribution < -0.4 is 14.8 Å². The van der Waals surface area contributed by atoms with Crippen molar-refractivity contribution < 1.29 is 14.3 Å². The second kappa shape index (κ2) is 6.95. The zero-order valence-electron chi connectivity index (χ0n) is 11.1. The van der Waals surface area contributed by atoms with Crippen LogP contribution >= 0.6 is 0 Å². The minimum atomic E-state index is -0.209. The highest BCUT2D eigenvalue weighted by atomic mass is 16.5. The monoisotopic (exact) mass is 261 g/mol. The summed E-state index contributed by atoms with van der Waals surface area (Å²) in [5.41, 5.74) is 1.29. The van der Waals surface area contributed by atoms with Gasteiger partial charge in [-0.25, -0.2) is 0 Å². The van der Waals surface area contributed by atoms with E-state index in [-0.39, 0.29) is 5.97 Å². The van der Waals surface area contributed by atoms with Crippen LogP contribution in [0.25, 0.3) is 0 Å². The number of carbonyl (C=O) groups excluding carboxylic acids is 1. The molecule has 0 aromatic heterocycles. The van der Waals surface area contributed by atoms with Crippen molar-refractivity contribution in [3.63, 3.8) is 0 Å². The van der Waals surface area contributed by atoms with Gasteiger partial charge in [0.05, 0.1) is 7.11 Å². The van der Waals surface area contributed by atoms with Crippen LogP contribution in [-0.2, 0) is 4.79 Å². The lowest BCUT2D eigenvalue weighted by atomic mass is 10.1. The summed E-state index contributed by atoms with van der Waals surface area (Å²) in [6.07, 6.45) is 4.41.